The van der Waals surface area contributed by atoms with Crippen molar-refractivity contribution in [2.24, 2.45) is 0 Å². The van der Waals surface area contributed by atoms with E-state index in [1.54, 1.807) is 0 Å². The van der Waals surface area contributed by atoms with Gasteiger partial charge in [-0.1, -0.05) is 0 Å². The van der Waals surface area contributed by atoms with Crippen LogP contribution in [0.25, 0.3) is 0 Å². The Balaban J connectivity index is 2.52. The lowest BCUT2D eigenvalue weighted by Gasteiger charge is -2.00. The largest absolute Gasteiger partial charge is 0.469 e. The number of ether oxygens (including phenoxy) is 2. The highest BCUT2D eigenvalue weighted by Crippen LogP contribution is 2.34. The third kappa shape index (κ3) is 1.50. The van der Waals surface area contributed by atoms with Crippen molar-refractivity contribution in [2.75, 3.05) is 6.79 Å². The summed E-state index contributed by atoms with van der Waals surface area (Å²) in [6.45, 7) is 0.00586. The number of hydrogen-bond acceptors (Lipinski definition) is 5. The molecule has 0 atom stereocenters. The van der Waals surface area contributed by atoms with Crippen molar-refractivity contribution >= 4 is 15.1 Å². The van der Waals surface area contributed by atoms with Gasteiger partial charge in [0.2, 0.25) is 6.79 Å². The van der Waals surface area contributed by atoms with Gasteiger partial charge >= 0.3 is 5.30 Å². The summed E-state index contributed by atoms with van der Waals surface area (Å²) in [5.41, 5.74) is 0. The molecule has 0 fully saturated rings. The van der Waals surface area contributed by atoms with E-state index in [0.717, 1.165) is 12.1 Å². The first kappa shape index (κ1) is 9.78. The van der Waals surface area contributed by atoms with Crippen LogP contribution in [0, 0.1) is 0 Å². The van der Waals surface area contributed by atoms with Crippen molar-refractivity contribution in [1.82, 2.24) is 0 Å². The van der Waals surface area contributed by atoms with Crippen molar-refractivity contribution in [3.8, 4) is 11.5 Å². The molecule has 80 valence electrons. The molecular formula is C8H6O6S. The topological polar surface area (TPSA) is 89.9 Å². The second kappa shape index (κ2) is 3.13. The molecule has 0 aromatic heterocycles. The van der Waals surface area contributed by atoms with Crippen LogP contribution < -0.4 is 9.47 Å². The Morgan fingerprint density at radius 2 is 1.93 bits per heavy atom. The minimum Gasteiger partial charge on any atom is -0.469 e. The third-order valence-electron chi connectivity index (χ3n) is 1.88. The average molecular weight is 230 g/mol. The summed E-state index contributed by atoms with van der Waals surface area (Å²) >= 11 is 0. The molecule has 0 amide bonds. The predicted molar refractivity (Wildman–Crippen MR) is 47.8 cm³/mol. The SMILES string of the molecule is O=C(O)S(=O)(=O)c1ccc2c(c1)OCO2. The summed E-state index contributed by atoms with van der Waals surface area (Å²) in [6.07, 6.45) is 0. The maximum Gasteiger partial charge on any atom is 0.427 e. The number of benzene rings is 1. The lowest BCUT2D eigenvalue weighted by atomic mass is 10.3. The number of carbonyl (C=O) groups is 1. The van der Waals surface area contributed by atoms with Gasteiger partial charge in [-0.2, -0.15) is 0 Å². The highest BCUT2D eigenvalue weighted by atomic mass is 32.2. The van der Waals surface area contributed by atoms with Crippen LogP contribution >= 0.6 is 0 Å². The van der Waals surface area contributed by atoms with E-state index in [9.17, 15) is 13.2 Å². The Labute approximate surface area is 85.0 Å². The first-order valence-electron chi connectivity index (χ1n) is 3.89. The fourth-order valence-corrected chi connectivity index (χ4v) is 1.86. The van der Waals surface area contributed by atoms with E-state index >= 15 is 0 Å². The Kier molecular flexibility index (Phi) is 2.04. The van der Waals surface area contributed by atoms with E-state index in [-0.39, 0.29) is 17.4 Å². The summed E-state index contributed by atoms with van der Waals surface area (Å²) in [6, 6.07) is 3.65. The number of fused-ring (bicyclic) bond motifs is 1. The van der Waals surface area contributed by atoms with Gasteiger partial charge in [0.05, 0.1) is 4.90 Å². The highest BCUT2D eigenvalue weighted by Gasteiger charge is 2.26. The van der Waals surface area contributed by atoms with E-state index in [1.165, 1.54) is 6.07 Å². The number of hydrogen-bond donors (Lipinski definition) is 1. The zero-order valence-electron chi connectivity index (χ0n) is 7.34. The first-order valence-corrected chi connectivity index (χ1v) is 5.38. The predicted octanol–water partition coefficient (Wildman–Crippen LogP) is 0.867. The molecule has 0 spiro atoms. The van der Waals surface area contributed by atoms with Gasteiger partial charge in [-0.05, 0) is 12.1 Å². The summed E-state index contributed by atoms with van der Waals surface area (Å²) in [4.78, 5) is 10.1. The number of rotatable bonds is 1. The van der Waals surface area contributed by atoms with Crippen LogP contribution in [0.2, 0.25) is 0 Å². The van der Waals surface area contributed by atoms with Crippen LogP contribution in [0.5, 0.6) is 11.5 Å². The maximum atomic E-state index is 11.2. The van der Waals surface area contributed by atoms with Gasteiger partial charge in [-0.15, -0.1) is 0 Å². The van der Waals surface area contributed by atoms with Crippen molar-refractivity contribution < 1.29 is 27.8 Å². The molecule has 0 bridgehead atoms. The van der Waals surface area contributed by atoms with Gasteiger partial charge in [0.15, 0.2) is 11.5 Å². The lowest BCUT2D eigenvalue weighted by molar-refractivity contribution is 0.174. The molecule has 0 saturated heterocycles. The average Bonchev–Trinajstić information content (AvgIpc) is 2.63. The van der Waals surface area contributed by atoms with Crippen LogP contribution in [0.4, 0.5) is 4.79 Å². The van der Waals surface area contributed by atoms with E-state index in [2.05, 4.69) is 0 Å². The standard InChI is InChI=1S/C8H6O6S/c9-8(10)15(11,12)5-1-2-6-7(3-5)14-4-13-6/h1-3H,4H2,(H,9,10). The fourth-order valence-electron chi connectivity index (χ4n) is 1.14. The summed E-state index contributed by atoms with van der Waals surface area (Å²) in [5, 5.41) is 6.60. The van der Waals surface area contributed by atoms with Crippen molar-refractivity contribution in [2.45, 2.75) is 4.90 Å². The molecular weight excluding hydrogens is 224 g/mol. The summed E-state index contributed by atoms with van der Waals surface area (Å²) in [5.74, 6) is 0.636. The lowest BCUT2D eigenvalue weighted by Crippen LogP contribution is -2.11. The van der Waals surface area contributed by atoms with Gasteiger partial charge in [-0.25, -0.2) is 13.2 Å². The molecule has 0 aliphatic carbocycles. The molecule has 1 aromatic rings. The molecule has 1 heterocycles. The number of carboxylic acid groups (broad SMARTS) is 1. The third-order valence-corrected chi connectivity index (χ3v) is 3.22. The zero-order chi connectivity index (χ0) is 11.1. The molecule has 15 heavy (non-hydrogen) atoms. The fraction of sp³-hybridized carbons (Fsp3) is 0.125. The monoisotopic (exact) mass is 230 g/mol. The Morgan fingerprint density at radius 1 is 1.27 bits per heavy atom. The molecule has 2 rings (SSSR count). The van der Waals surface area contributed by atoms with Crippen molar-refractivity contribution in [1.29, 1.82) is 0 Å². The maximum absolute atomic E-state index is 11.2. The van der Waals surface area contributed by atoms with Crippen LogP contribution in [-0.2, 0) is 9.84 Å². The molecule has 0 unspecified atom stereocenters. The number of sulfone groups is 1. The Morgan fingerprint density at radius 3 is 2.60 bits per heavy atom. The second-order valence-corrected chi connectivity index (χ2v) is 4.61. The molecule has 0 radical (unpaired) electrons. The summed E-state index contributed by atoms with van der Waals surface area (Å²) < 4.78 is 32.4. The Hall–Kier alpha value is -1.76. The second-order valence-electron chi connectivity index (χ2n) is 2.78. The van der Waals surface area contributed by atoms with Crippen LogP contribution in [0.15, 0.2) is 23.1 Å². The van der Waals surface area contributed by atoms with E-state index in [0.29, 0.717) is 5.75 Å². The molecule has 1 N–H and O–H groups in total. The normalized spacial score (nSPS) is 13.9. The van der Waals surface area contributed by atoms with Gasteiger partial charge in [0, 0.05) is 6.07 Å². The van der Waals surface area contributed by atoms with Crippen molar-refractivity contribution in [3.63, 3.8) is 0 Å². The zero-order valence-corrected chi connectivity index (χ0v) is 8.15. The quantitative estimate of drug-likeness (QED) is 0.769. The van der Waals surface area contributed by atoms with Crippen molar-refractivity contribution in [3.05, 3.63) is 18.2 Å². The molecule has 0 saturated carbocycles. The van der Waals surface area contributed by atoms with E-state index < -0.39 is 15.1 Å². The van der Waals surface area contributed by atoms with Gasteiger partial charge in [0.25, 0.3) is 9.84 Å². The first-order chi connectivity index (χ1) is 7.01. The van der Waals surface area contributed by atoms with Gasteiger partial charge in [-0.3, -0.25) is 0 Å². The smallest absolute Gasteiger partial charge is 0.427 e. The van der Waals surface area contributed by atoms with E-state index in [4.69, 9.17) is 14.6 Å². The van der Waals surface area contributed by atoms with E-state index in [1.807, 2.05) is 0 Å². The minimum absolute atomic E-state index is 0.00586. The molecule has 6 nitrogen and oxygen atoms in total. The summed E-state index contributed by atoms with van der Waals surface area (Å²) in [7, 11) is -4.32. The Bertz CT molecular complexity index is 518. The molecule has 1 aliphatic rings. The highest BCUT2D eigenvalue weighted by molar-refractivity contribution is 8.05. The van der Waals surface area contributed by atoms with Crippen LogP contribution in [-0.4, -0.2) is 25.6 Å². The van der Waals surface area contributed by atoms with Crippen LogP contribution in [0.3, 0.4) is 0 Å². The van der Waals surface area contributed by atoms with Gasteiger partial charge < -0.3 is 14.6 Å². The van der Waals surface area contributed by atoms with Crippen LogP contribution in [0.1, 0.15) is 0 Å². The molecule has 1 aliphatic heterocycles. The molecule has 1 aromatic carbocycles. The minimum atomic E-state index is -4.32. The van der Waals surface area contributed by atoms with Gasteiger partial charge in [0.1, 0.15) is 0 Å². The molecule has 7 heteroatoms.